The molecule has 0 radical (unpaired) electrons. The molecule has 1 saturated carbocycles. The summed E-state index contributed by atoms with van der Waals surface area (Å²) in [5, 5.41) is 0.376. The number of thiazole rings is 1. The van der Waals surface area contributed by atoms with Gasteiger partial charge in [0, 0.05) is 30.3 Å². The monoisotopic (exact) mass is 414 g/mol. The predicted molar refractivity (Wildman–Crippen MR) is 107 cm³/mol. The van der Waals surface area contributed by atoms with Crippen LogP contribution in [0.25, 0.3) is 0 Å². The van der Waals surface area contributed by atoms with E-state index >= 15 is 0 Å². The number of nitrogens with zero attached hydrogens (tertiary/aromatic N) is 2. The summed E-state index contributed by atoms with van der Waals surface area (Å²) in [5.41, 5.74) is 0.997. The zero-order valence-electron chi connectivity index (χ0n) is 17.0. The van der Waals surface area contributed by atoms with Crippen LogP contribution in [-0.2, 0) is 17.8 Å². The lowest BCUT2D eigenvalue weighted by atomic mass is 9.78. The summed E-state index contributed by atoms with van der Waals surface area (Å²) in [7, 11) is 0. The van der Waals surface area contributed by atoms with E-state index < -0.39 is 13.0 Å². The molecule has 0 aromatic carbocycles. The van der Waals surface area contributed by atoms with E-state index in [2.05, 4.69) is 9.88 Å². The molecule has 2 aliphatic rings. The third kappa shape index (κ3) is 6.21. The molecule has 0 spiro atoms. The standard InChI is InChI=1S/C21H32F2N2O2S/c1-14(2)18(26)11-16-5-3-15(4-6-16)7-9-25-10-8-19-17(12-25)24-21(28-19)27-13-20(22)23/h14-16,20H,3-13H2,1-2H3. The van der Waals surface area contributed by atoms with Crippen molar-refractivity contribution in [2.24, 2.45) is 17.8 Å². The first kappa shape index (κ1) is 21.6. The largest absolute Gasteiger partial charge is 0.464 e. The Bertz CT molecular complexity index is 642. The molecule has 1 fully saturated rings. The van der Waals surface area contributed by atoms with Crippen LogP contribution in [0.2, 0.25) is 0 Å². The molecule has 0 saturated heterocycles. The van der Waals surface area contributed by atoms with Crippen LogP contribution in [-0.4, -0.2) is 41.8 Å². The molecule has 1 aliphatic heterocycles. The van der Waals surface area contributed by atoms with Crippen molar-refractivity contribution in [3.05, 3.63) is 10.6 Å². The molecular weight excluding hydrogens is 382 g/mol. The molecule has 1 aromatic rings. The van der Waals surface area contributed by atoms with E-state index in [0.29, 0.717) is 16.9 Å². The minimum absolute atomic E-state index is 0.161. The maximum Gasteiger partial charge on any atom is 0.273 e. The zero-order valence-corrected chi connectivity index (χ0v) is 17.8. The second kappa shape index (κ2) is 10.1. The Labute approximate surface area is 170 Å². The van der Waals surface area contributed by atoms with Gasteiger partial charge in [-0.05, 0) is 44.1 Å². The minimum Gasteiger partial charge on any atom is -0.464 e. The Morgan fingerprint density at radius 2 is 1.96 bits per heavy atom. The number of Topliss-reactive ketones (excluding diaryl/α,β-unsaturated/α-hetero) is 1. The van der Waals surface area contributed by atoms with Gasteiger partial charge < -0.3 is 4.74 Å². The third-order valence-electron chi connectivity index (χ3n) is 6.07. The molecule has 0 atom stereocenters. The highest BCUT2D eigenvalue weighted by atomic mass is 32.1. The molecular formula is C21H32F2N2O2S. The Morgan fingerprint density at radius 3 is 2.64 bits per heavy atom. The van der Waals surface area contributed by atoms with Crippen LogP contribution < -0.4 is 4.74 Å². The maximum absolute atomic E-state index is 12.3. The average molecular weight is 415 g/mol. The number of ether oxygens (including phenoxy) is 1. The second-order valence-corrected chi connectivity index (χ2v) is 9.62. The van der Waals surface area contributed by atoms with Crippen LogP contribution in [0.3, 0.4) is 0 Å². The van der Waals surface area contributed by atoms with Crippen molar-refractivity contribution < 1.29 is 18.3 Å². The average Bonchev–Trinajstić information content (AvgIpc) is 3.08. The van der Waals surface area contributed by atoms with Gasteiger partial charge in [0.05, 0.1) is 5.69 Å². The van der Waals surface area contributed by atoms with Crippen molar-refractivity contribution in [2.75, 3.05) is 19.7 Å². The zero-order chi connectivity index (χ0) is 20.1. The molecule has 7 heteroatoms. The van der Waals surface area contributed by atoms with Gasteiger partial charge in [-0.3, -0.25) is 9.69 Å². The fourth-order valence-electron chi connectivity index (χ4n) is 4.23. The van der Waals surface area contributed by atoms with E-state index in [4.69, 9.17) is 4.74 Å². The van der Waals surface area contributed by atoms with E-state index in [1.54, 1.807) is 0 Å². The highest BCUT2D eigenvalue weighted by Gasteiger charge is 2.26. The van der Waals surface area contributed by atoms with Gasteiger partial charge in [0.15, 0.2) is 6.61 Å². The topological polar surface area (TPSA) is 42.4 Å². The van der Waals surface area contributed by atoms with Crippen molar-refractivity contribution in [1.82, 2.24) is 9.88 Å². The molecule has 0 amide bonds. The van der Waals surface area contributed by atoms with E-state index in [1.807, 2.05) is 13.8 Å². The molecule has 3 rings (SSSR count). The van der Waals surface area contributed by atoms with Crippen LogP contribution in [0.15, 0.2) is 0 Å². The number of hydrogen-bond donors (Lipinski definition) is 0. The van der Waals surface area contributed by atoms with Gasteiger partial charge in [-0.1, -0.05) is 38.0 Å². The summed E-state index contributed by atoms with van der Waals surface area (Å²) in [4.78, 5) is 20.0. The summed E-state index contributed by atoms with van der Waals surface area (Å²) in [6.07, 6.45) is 5.26. The van der Waals surface area contributed by atoms with Crippen LogP contribution >= 0.6 is 11.3 Å². The molecule has 0 bridgehead atoms. The predicted octanol–water partition coefficient (Wildman–Crippen LogP) is 4.96. The first-order valence-corrected chi connectivity index (χ1v) is 11.4. The smallest absolute Gasteiger partial charge is 0.273 e. The first-order chi connectivity index (χ1) is 13.4. The summed E-state index contributed by atoms with van der Waals surface area (Å²) in [5.74, 6) is 1.92. The van der Waals surface area contributed by atoms with Crippen LogP contribution in [0.4, 0.5) is 8.78 Å². The van der Waals surface area contributed by atoms with Crippen LogP contribution in [0.1, 0.15) is 62.9 Å². The Morgan fingerprint density at radius 1 is 1.25 bits per heavy atom. The molecule has 1 aromatic heterocycles. The van der Waals surface area contributed by atoms with Crippen molar-refractivity contribution in [3.63, 3.8) is 0 Å². The van der Waals surface area contributed by atoms with Crippen molar-refractivity contribution in [2.45, 2.75) is 71.8 Å². The molecule has 2 heterocycles. The number of halogens is 2. The van der Waals surface area contributed by atoms with Crippen LogP contribution in [0.5, 0.6) is 5.19 Å². The molecule has 1 aliphatic carbocycles. The lowest BCUT2D eigenvalue weighted by Crippen LogP contribution is -2.32. The van der Waals surface area contributed by atoms with E-state index in [9.17, 15) is 13.6 Å². The summed E-state index contributed by atoms with van der Waals surface area (Å²) >= 11 is 1.41. The van der Waals surface area contributed by atoms with E-state index in [-0.39, 0.29) is 5.92 Å². The normalized spacial score (nSPS) is 23.2. The van der Waals surface area contributed by atoms with Gasteiger partial charge in [-0.25, -0.2) is 13.8 Å². The van der Waals surface area contributed by atoms with Crippen LogP contribution in [0, 0.1) is 17.8 Å². The lowest BCUT2D eigenvalue weighted by Gasteiger charge is -2.31. The van der Waals surface area contributed by atoms with Crippen molar-refractivity contribution in [3.8, 4) is 5.19 Å². The number of fused-ring (bicyclic) bond motifs is 1. The number of hydrogen-bond acceptors (Lipinski definition) is 5. The second-order valence-electron chi connectivity index (χ2n) is 8.58. The highest BCUT2D eigenvalue weighted by Crippen LogP contribution is 2.34. The van der Waals surface area contributed by atoms with E-state index in [0.717, 1.165) is 44.1 Å². The number of ketones is 1. The van der Waals surface area contributed by atoms with Gasteiger partial charge in [0.1, 0.15) is 5.78 Å². The number of rotatable bonds is 9. The molecule has 158 valence electrons. The van der Waals surface area contributed by atoms with Gasteiger partial charge in [-0.2, -0.15) is 0 Å². The SMILES string of the molecule is CC(C)C(=O)CC1CCC(CCN2CCc3sc(OCC(F)F)nc3C2)CC1. The van der Waals surface area contributed by atoms with Crippen molar-refractivity contribution in [1.29, 1.82) is 0 Å². The van der Waals surface area contributed by atoms with Gasteiger partial charge >= 0.3 is 0 Å². The lowest BCUT2D eigenvalue weighted by molar-refractivity contribution is -0.123. The maximum atomic E-state index is 12.3. The number of aromatic nitrogens is 1. The number of alkyl halides is 2. The number of carbonyl (C=O) groups is 1. The third-order valence-corrected chi connectivity index (χ3v) is 7.14. The fraction of sp³-hybridized carbons (Fsp3) is 0.810. The summed E-state index contributed by atoms with van der Waals surface area (Å²) in [6.45, 7) is 6.26. The molecule has 28 heavy (non-hydrogen) atoms. The Balaban J connectivity index is 1.38. The van der Waals surface area contributed by atoms with E-state index in [1.165, 1.54) is 48.3 Å². The molecule has 0 unspecified atom stereocenters. The fourth-order valence-corrected chi connectivity index (χ4v) is 5.14. The quantitative estimate of drug-likeness (QED) is 0.573. The first-order valence-electron chi connectivity index (χ1n) is 10.5. The molecule has 0 N–H and O–H groups in total. The number of carbonyl (C=O) groups excluding carboxylic acids is 1. The highest BCUT2D eigenvalue weighted by molar-refractivity contribution is 7.13. The Hall–Kier alpha value is -1.08. The summed E-state index contributed by atoms with van der Waals surface area (Å²) in [6, 6.07) is 0. The van der Waals surface area contributed by atoms with Gasteiger partial charge in [0.2, 0.25) is 0 Å². The molecule has 4 nitrogen and oxygen atoms in total. The van der Waals surface area contributed by atoms with Crippen molar-refractivity contribution >= 4 is 17.1 Å². The van der Waals surface area contributed by atoms with Gasteiger partial charge in [0.25, 0.3) is 11.6 Å². The van der Waals surface area contributed by atoms with Gasteiger partial charge in [-0.15, -0.1) is 0 Å². The minimum atomic E-state index is -2.46. The summed E-state index contributed by atoms with van der Waals surface area (Å²) < 4.78 is 29.7. The Kier molecular flexibility index (Phi) is 7.80.